The molecule has 4 aromatic rings. The van der Waals surface area contributed by atoms with Gasteiger partial charge in [0.05, 0.1) is 6.04 Å². The minimum atomic E-state index is -5.92. The summed E-state index contributed by atoms with van der Waals surface area (Å²) in [5.41, 5.74) is 3.73. The average Bonchev–Trinajstić information content (AvgIpc) is 4.39. The number of imide groups is 1. The molecule has 5 aliphatic rings. The normalized spacial score (nSPS) is 21.5. The number of H-pyrrole nitrogens is 1. The van der Waals surface area contributed by atoms with Crippen molar-refractivity contribution in [2.45, 2.75) is 138 Å². The molecule has 0 spiro atoms. The maximum atomic E-state index is 14.9. The minimum absolute atomic E-state index is 0.00407. The SMILES string of the molecule is NC(=O)CC[C@H](NC(=O)[C@@H]1CC[C@@H]2CCN(C(=O)CCCCCC#Cc3cccc4c3CN(C3CCC(=O)NC3=O)C4=O)C[C@H](NC(=O)c3cc4cc(C(F)(F)P(=O)(O)O)ccc4[nH]3)C(=O)N21)C(=O)N[C@H]1CCc2ccccc21. The third-order valence-electron chi connectivity index (χ3n) is 15.5. The molecule has 3 aromatic carbocycles. The van der Waals surface area contributed by atoms with Crippen LogP contribution in [0.2, 0.25) is 0 Å². The number of rotatable bonds is 17. The van der Waals surface area contributed by atoms with Gasteiger partial charge in [-0.15, -0.1) is 0 Å². The lowest BCUT2D eigenvalue weighted by Gasteiger charge is -2.39. The average molecular weight is 1110 g/mol. The topological polar surface area (TPSA) is 311 Å². The number of unbranched alkanes of at least 4 members (excludes halogenated alkanes) is 3. The summed E-state index contributed by atoms with van der Waals surface area (Å²) in [7, 11) is -5.92. The van der Waals surface area contributed by atoms with Crippen LogP contribution in [0.4, 0.5) is 8.78 Å². The maximum absolute atomic E-state index is 14.9. The van der Waals surface area contributed by atoms with Gasteiger partial charge in [-0.3, -0.25) is 53.0 Å². The molecule has 416 valence electrons. The van der Waals surface area contributed by atoms with E-state index < -0.39 is 84.5 Å². The van der Waals surface area contributed by atoms with Crippen LogP contribution in [0.5, 0.6) is 0 Å². The molecule has 3 saturated heterocycles. The van der Waals surface area contributed by atoms with Crippen LogP contribution in [-0.4, -0.2) is 126 Å². The van der Waals surface area contributed by atoms with Crippen molar-refractivity contribution in [3.63, 3.8) is 0 Å². The predicted octanol–water partition coefficient (Wildman–Crippen LogP) is 3.40. The number of nitrogens with one attached hydrogen (secondary N) is 5. The van der Waals surface area contributed by atoms with Crippen molar-refractivity contribution < 1.29 is 66.3 Å². The van der Waals surface area contributed by atoms with Gasteiger partial charge in [0.2, 0.25) is 41.4 Å². The number of nitrogens with zero attached hydrogens (tertiary/aromatic N) is 3. The molecule has 0 bridgehead atoms. The molecule has 1 aliphatic carbocycles. The van der Waals surface area contributed by atoms with Gasteiger partial charge in [0.25, 0.3) is 11.8 Å². The van der Waals surface area contributed by atoms with E-state index in [0.29, 0.717) is 55.2 Å². The van der Waals surface area contributed by atoms with Crippen molar-refractivity contribution in [2.75, 3.05) is 13.1 Å². The zero-order valence-electron chi connectivity index (χ0n) is 42.9. The number of hydrogen-bond acceptors (Lipinski definition) is 10. The first-order valence-corrected chi connectivity index (χ1v) is 28.0. The molecule has 9 N–H and O–H groups in total. The summed E-state index contributed by atoms with van der Waals surface area (Å²) in [6.45, 7) is 0.00561. The lowest BCUT2D eigenvalue weighted by atomic mass is 10.0. The fourth-order valence-electron chi connectivity index (χ4n) is 11.3. The van der Waals surface area contributed by atoms with Crippen LogP contribution in [0.15, 0.2) is 66.7 Å². The summed E-state index contributed by atoms with van der Waals surface area (Å²) in [4.78, 5) is 146. The second-order valence-corrected chi connectivity index (χ2v) is 22.3. The van der Waals surface area contributed by atoms with E-state index in [2.05, 4.69) is 38.1 Å². The van der Waals surface area contributed by atoms with Gasteiger partial charge in [-0.25, -0.2) is 0 Å². The lowest BCUT2D eigenvalue weighted by Crippen LogP contribution is -2.62. The van der Waals surface area contributed by atoms with Crippen molar-refractivity contribution >= 4 is 71.7 Å². The largest absolute Gasteiger partial charge is 0.399 e. The fourth-order valence-corrected chi connectivity index (χ4v) is 11.8. The van der Waals surface area contributed by atoms with Crippen LogP contribution in [0.3, 0.4) is 0 Å². The van der Waals surface area contributed by atoms with Gasteiger partial charge in [0, 0.05) is 79.0 Å². The molecule has 0 saturated carbocycles. The number of primary amides is 1. The number of aromatic nitrogens is 1. The van der Waals surface area contributed by atoms with Crippen molar-refractivity contribution in [3.05, 3.63) is 106 Å². The standard InChI is InChI=1S/C55H60F2N9O12P/c56-55(57,79(76,77)78)34-16-19-39-33(27-34)28-42(59-39)50(71)62-43-30-64(48(69)14-5-3-1-2-4-9-31-11-8-13-37-38(31)29-65(53(37)74)44-22-24-47(68)63-51(44)72)26-25-35-17-21-45(66(35)54(43)75)52(73)61-41(20-23-46(58)67)49(70)60-40-18-15-32-10-6-7-12-36(32)40/h6-8,10-13,16,19,27-28,35,40-41,43-45,59H,1-3,5,14-15,17-18,20-26,29-30H2,(H2,58,67)(H,60,70)(H,61,73)(H,62,71)(H,63,68,72)(H2,76,77,78)/t35-,40+,41+,43+,44?,45+/m1/s1. The third kappa shape index (κ3) is 12.1. The van der Waals surface area contributed by atoms with Crippen molar-refractivity contribution in [1.29, 1.82) is 0 Å². The van der Waals surface area contributed by atoms with Crippen molar-refractivity contribution in [1.82, 2.24) is 41.0 Å². The molecule has 21 nitrogen and oxygen atoms in total. The van der Waals surface area contributed by atoms with Gasteiger partial charge in [0.15, 0.2) is 0 Å². The molecule has 1 aromatic heterocycles. The summed E-state index contributed by atoms with van der Waals surface area (Å²) in [6, 6.07) is 11.3. The van der Waals surface area contributed by atoms with E-state index in [4.69, 9.17) is 5.73 Å². The molecule has 24 heteroatoms. The van der Waals surface area contributed by atoms with Crippen LogP contribution >= 0.6 is 7.60 Å². The Labute approximate surface area is 452 Å². The highest BCUT2D eigenvalue weighted by Gasteiger charge is 2.51. The Morgan fingerprint density at radius 1 is 0.873 bits per heavy atom. The van der Waals surface area contributed by atoms with Gasteiger partial charge >= 0.3 is 13.3 Å². The molecular formula is C55H60F2N9O12P. The number of nitrogens with two attached hydrogens (primary N) is 1. The van der Waals surface area contributed by atoms with Crippen LogP contribution in [0.1, 0.15) is 138 Å². The van der Waals surface area contributed by atoms with Gasteiger partial charge in [-0.1, -0.05) is 54.7 Å². The number of alkyl halides is 2. The molecule has 9 amide bonds. The number of aryl methyl sites for hydroxylation is 1. The number of fused-ring (bicyclic) bond motifs is 4. The zero-order chi connectivity index (χ0) is 56.3. The molecule has 5 heterocycles. The molecule has 1 unspecified atom stereocenters. The molecule has 0 radical (unpaired) electrons. The molecule has 4 aliphatic heterocycles. The van der Waals surface area contributed by atoms with Crippen LogP contribution in [0.25, 0.3) is 10.9 Å². The second-order valence-electron chi connectivity index (χ2n) is 20.7. The van der Waals surface area contributed by atoms with Gasteiger partial charge in [0.1, 0.15) is 29.9 Å². The number of carbonyl (C=O) groups is 9. The Bertz CT molecular complexity index is 3260. The summed E-state index contributed by atoms with van der Waals surface area (Å²) in [6.07, 6.45) is 4.37. The number of benzene rings is 3. The number of piperidine rings is 1. The van der Waals surface area contributed by atoms with Crippen molar-refractivity contribution in [2.24, 2.45) is 5.73 Å². The molecular weight excluding hydrogens is 1050 g/mol. The highest BCUT2D eigenvalue weighted by molar-refractivity contribution is 7.52. The van der Waals surface area contributed by atoms with E-state index in [1.807, 2.05) is 24.3 Å². The van der Waals surface area contributed by atoms with E-state index in [1.54, 1.807) is 18.2 Å². The van der Waals surface area contributed by atoms with Crippen LogP contribution in [-0.2, 0) is 56.8 Å². The Kier molecular flexibility index (Phi) is 16.5. The number of amides is 9. The van der Waals surface area contributed by atoms with E-state index in [0.717, 1.165) is 35.7 Å². The van der Waals surface area contributed by atoms with Crippen LogP contribution in [0, 0.1) is 11.8 Å². The van der Waals surface area contributed by atoms with E-state index in [1.165, 1.54) is 20.8 Å². The number of halogens is 2. The number of carbonyl (C=O) groups excluding carboxylic acids is 9. The summed E-state index contributed by atoms with van der Waals surface area (Å²) >= 11 is 0. The quantitative estimate of drug-likeness (QED) is 0.0327. The smallest absolute Gasteiger partial charge is 0.370 e. The summed E-state index contributed by atoms with van der Waals surface area (Å²) < 4.78 is 41.0. The fraction of sp³-hybridized carbons (Fsp3) is 0.436. The summed E-state index contributed by atoms with van der Waals surface area (Å²) in [5.74, 6) is 1.32. The number of aromatic amines is 1. The van der Waals surface area contributed by atoms with E-state index >= 15 is 0 Å². The first-order valence-electron chi connectivity index (χ1n) is 26.4. The molecule has 9 rings (SSSR count). The van der Waals surface area contributed by atoms with Gasteiger partial charge < -0.3 is 51.2 Å². The molecule has 3 fully saturated rings. The Morgan fingerprint density at radius 2 is 1.67 bits per heavy atom. The monoisotopic (exact) mass is 1110 g/mol. The first kappa shape index (κ1) is 55.9. The highest BCUT2D eigenvalue weighted by atomic mass is 31.2. The van der Waals surface area contributed by atoms with E-state index in [-0.39, 0.29) is 105 Å². The molecule has 79 heavy (non-hydrogen) atoms. The maximum Gasteiger partial charge on any atom is 0.399 e. The third-order valence-corrected chi connectivity index (χ3v) is 16.5. The summed E-state index contributed by atoms with van der Waals surface area (Å²) in [5, 5.41) is 10.8. The lowest BCUT2D eigenvalue weighted by molar-refractivity contribution is -0.145. The Morgan fingerprint density at radius 3 is 2.44 bits per heavy atom. The minimum Gasteiger partial charge on any atom is -0.370 e. The zero-order valence-corrected chi connectivity index (χ0v) is 43.8. The Hall–Kier alpha value is -7.80. The highest BCUT2D eigenvalue weighted by Crippen LogP contribution is 2.59. The van der Waals surface area contributed by atoms with Crippen molar-refractivity contribution in [3.8, 4) is 11.8 Å². The van der Waals surface area contributed by atoms with Gasteiger partial charge in [-0.2, -0.15) is 8.78 Å². The van der Waals surface area contributed by atoms with Gasteiger partial charge in [-0.05, 0) is 105 Å². The van der Waals surface area contributed by atoms with E-state index in [9.17, 15) is 66.3 Å². The second kappa shape index (κ2) is 23.3. The number of hydrogen-bond donors (Lipinski definition) is 8. The molecule has 6 atom stereocenters. The Balaban J connectivity index is 0.872. The predicted molar refractivity (Wildman–Crippen MR) is 279 cm³/mol. The first-order chi connectivity index (χ1) is 37.7. The van der Waals surface area contributed by atoms with Crippen LogP contribution < -0.4 is 27.0 Å².